The summed E-state index contributed by atoms with van der Waals surface area (Å²) >= 11 is 0. The molecule has 0 aliphatic rings. The Morgan fingerprint density at radius 3 is 2.54 bits per heavy atom. The van der Waals surface area contributed by atoms with Gasteiger partial charge in [0.25, 0.3) is 0 Å². The first kappa shape index (κ1) is 19.8. The van der Waals surface area contributed by atoms with Crippen LogP contribution in [0.4, 0.5) is 0 Å². The Morgan fingerprint density at radius 2 is 1.79 bits per heavy atom. The number of ether oxygens (including phenoxy) is 3. The monoisotopic (exact) mass is 379 g/mol. The summed E-state index contributed by atoms with van der Waals surface area (Å²) in [5.74, 6) is 0.439. The first-order valence-corrected chi connectivity index (χ1v) is 9.53. The fourth-order valence-electron chi connectivity index (χ4n) is 3.03. The van der Waals surface area contributed by atoms with Gasteiger partial charge in [0.05, 0.1) is 12.1 Å². The molecule has 1 atom stereocenters. The Bertz CT molecular complexity index is 903. The predicted molar refractivity (Wildman–Crippen MR) is 108 cm³/mol. The van der Waals surface area contributed by atoms with E-state index in [9.17, 15) is 4.79 Å². The van der Waals surface area contributed by atoms with Gasteiger partial charge in [0.15, 0.2) is 6.10 Å². The zero-order valence-electron chi connectivity index (χ0n) is 16.3. The second kappa shape index (κ2) is 9.85. The SMILES string of the molecule is CCOC(=O)C(Cc1ccc(OCc2cccc3cccnc23)cc1)OCC. The number of rotatable bonds is 9. The smallest absolute Gasteiger partial charge is 0.335 e. The summed E-state index contributed by atoms with van der Waals surface area (Å²) in [6, 6.07) is 17.7. The molecule has 0 aliphatic heterocycles. The number of carbonyl (C=O) groups excluding carboxylic acids is 1. The van der Waals surface area contributed by atoms with Gasteiger partial charge in [-0.3, -0.25) is 4.98 Å². The lowest BCUT2D eigenvalue weighted by Crippen LogP contribution is -2.28. The molecule has 0 saturated heterocycles. The van der Waals surface area contributed by atoms with Crippen LogP contribution in [0.1, 0.15) is 25.0 Å². The number of pyridine rings is 1. The Labute approximate surface area is 165 Å². The van der Waals surface area contributed by atoms with Crippen LogP contribution < -0.4 is 4.74 Å². The minimum atomic E-state index is -0.585. The number of hydrogen-bond donors (Lipinski definition) is 0. The summed E-state index contributed by atoms with van der Waals surface area (Å²) in [5.41, 5.74) is 2.99. The molecule has 0 saturated carbocycles. The van der Waals surface area contributed by atoms with Gasteiger partial charge in [-0.25, -0.2) is 4.79 Å². The first-order chi connectivity index (χ1) is 13.7. The van der Waals surface area contributed by atoms with Gasteiger partial charge in [-0.05, 0) is 37.6 Å². The quantitative estimate of drug-likeness (QED) is 0.518. The Balaban J connectivity index is 1.63. The van der Waals surface area contributed by atoms with Gasteiger partial charge in [0.1, 0.15) is 12.4 Å². The van der Waals surface area contributed by atoms with Gasteiger partial charge in [0, 0.05) is 30.2 Å². The Morgan fingerprint density at radius 1 is 1.00 bits per heavy atom. The number of nitrogens with zero attached hydrogens (tertiary/aromatic N) is 1. The zero-order chi connectivity index (χ0) is 19.8. The standard InChI is InChI=1S/C23H25NO4/c1-3-26-21(23(25)27-4-2)15-17-10-12-20(13-11-17)28-16-19-8-5-7-18-9-6-14-24-22(18)19/h5-14,21H,3-4,15-16H2,1-2H3. The fraction of sp³-hybridized carbons (Fsp3) is 0.304. The van der Waals surface area contributed by atoms with E-state index in [0.29, 0.717) is 26.2 Å². The third-order valence-electron chi connectivity index (χ3n) is 4.37. The van der Waals surface area contributed by atoms with Crippen LogP contribution in [0.3, 0.4) is 0 Å². The molecule has 0 amide bonds. The number of carbonyl (C=O) groups is 1. The summed E-state index contributed by atoms with van der Waals surface area (Å²) in [6.07, 6.45) is 1.68. The fourth-order valence-corrected chi connectivity index (χ4v) is 3.03. The van der Waals surface area contributed by atoms with Crippen LogP contribution in [0.2, 0.25) is 0 Å². The molecule has 1 unspecified atom stereocenters. The summed E-state index contributed by atoms with van der Waals surface area (Å²) in [5, 5.41) is 1.10. The summed E-state index contributed by atoms with van der Waals surface area (Å²) in [6.45, 7) is 4.91. The van der Waals surface area contributed by atoms with Gasteiger partial charge in [0.2, 0.25) is 0 Å². The number of aromatic nitrogens is 1. The van der Waals surface area contributed by atoms with E-state index in [4.69, 9.17) is 14.2 Å². The van der Waals surface area contributed by atoms with Crippen molar-refractivity contribution >= 4 is 16.9 Å². The van der Waals surface area contributed by atoms with Crippen LogP contribution in [0.25, 0.3) is 10.9 Å². The zero-order valence-corrected chi connectivity index (χ0v) is 16.3. The number of hydrogen-bond acceptors (Lipinski definition) is 5. The maximum Gasteiger partial charge on any atom is 0.335 e. The van der Waals surface area contributed by atoms with E-state index >= 15 is 0 Å². The van der Waals surface area contributed by atoms with Crippen molar-refractivity contribution in [1.29, 1.82) is 0 Å². The first-order valence-electron chi connectivity index (χ1n) is 9.53. The average molecular weight is 379 g/mol. The lowest BCUT2D eigenvalue weighted by atomic mass is 10.1. The van der Waals surface area contributed by atoms with Gasteiger partial charge in [-0.2, -0.15) is 0 Å². The molecule has 0 radical (unpaired) electrons. The molecule has 28 heavy (non-hydrogen) atoms. The highest BCUT2D eigenvalue weighted by molar-refractivity contribution is 5.81. The molecule has 0 N–H and O–H groups in total. The normalized spacial score (nSPS) is 11.9. The van der Waals surface area contributed by atoms with Crippen LogP contribution >= 0.6 is 0 Å². The summed E-state index contributed by atoms with van der Waals surface area (Å²) in [7, 11) is 0. The molecule has 2 aromatic carbocycles. The Hall–Kier alpha value is -2.92. The highest BCUT2D eigenvalue weighted by atomic mass is 16.6. The highest BCUT2D eigenvalue weighted by Gasteiger charge is 2.20. The molecule has 5 nitrogen and oxygen atoms in total. The van der Waals surface area contributed by atoms with Gasteiger partial charge in [-0.1, -0.05) is 36.4 Å². The van der Waals surface area contributed by atoms with Crippen molar-refractivity contribution in [2.75, 3.05) is 13.2 Å². The molecule has 146 valence electrons. The van der Waals surface area contributed by atoms with E-state index in [2.05, 4.69) is 4.98 Å². The topological polar surface area (TPSA) is 57.7 Å². The van der Waals surface area contributed by atoms with Crippen LogP contribution in [0, 0.1) is 0 Å². The van der Waals surface area contributed by atoms with E-state index in [1.807, 2.05) is 61.5 Å². The van der Waals surface area contributed by atoms with E-state index in [-0.39, 0.29) is 5.97 Å². The number of benzene rings is 2. The van der Waals surface area contributed by atoms with Crippen molar-refractivity contribution in [2.24, 2.45) is 0 Å². The van der Waals surface area contributed by atoms with Crippen molar-refractivity contribution < 1.29 is 19.0 Å². The van der Waals surface area contributed by atoms with Crippen LogP contribution in [0.15, 0.2) is 60.8 Å². The van der Waals surface area contributed by atoms with Crippen LogP contribution in [-0.2, 0) is 27.3 Å². The lowest BCUT2D eigenvalue weighted by Gasteiger charge is -2.16. The molecule has 3 aromatic rings. The lowest BCUT2D eigenvalue weighted by molar-refractivity contribution is -0.156. The largest absolute Gasteiger partial charge is 0.489 e. The van der Waals surface area contributed by atoms with Gasteiger partial charge in [-0.15, -0.1) is 0 Å². The highest BCUT2D eigenvalue weighted by Crippen LogP contribution is 2.20. The maximum atomic E-state index is 12.0. The average Bonchev–Trinajstić information content (AvgIpc) is 2.73. The minimum absolute atomic E-state index is 0.326. The van der Waals surface area contributed by atoms with E-state index in [0.717, 1.165) is 27.8 Å². The third-order valence-corrected chi connectivity index (χ3v) is 4.37. The number of fused-ring (bicyclic) bond motifs is 1. The summed E-state index contributed by atoms with van der Waals surface area (Å²) in [4.78, 5) is 16.4. The Kier molecular flexibility index (Phi) is 6.98. The molecule has 0 bridgehead atoms. The van der Waals surface area contributed by atoms with Gasteiger partial charge < -0.3 is 14.2 Å². The third kappa shape index (κ3) is 5.08. The molecule has 5 heteroatoms. The van der Waals surface area contributed by atoms with Crippen molar-refractivity contribution in [3.8, 4) is 5.75 Å². The van der Waals surface area contributed by atoms with E-state index in [1.165, 1.54) is 0 Å². The van der Waals surface area contributed by atoms with Crippen LogP contribution in [-0.4, -0.2) is 30.3 Å². The minimum Gasteiger partial charge on any atom is -0.489 e. The van der Waals surface area contributed by atoms with Crippen molar-refractivity contribution in [3.05, 3.63) is 71.9 Å². The summed E-state index contributed by atoms with van der Waals surface area (Å²) < 4.78 is 16.5. The molecule has 3 rings (SSSR count). The van der Waals surface area contributed by atoms with Gasteiger partial charge >= 0.3 is 5.97 Å². The second-order valence-electron chi connectivity index (χ2n) is 6.33. The van der Waals surface area contributed by atoms with Crippen molar-refractivity contribution in [1.82, 2.24) is 4.98 Å². The molecular weight excluding hydrogens is 354 g/mol. The number of esters is 1. The molecule has 0 spiro atoms. The van der Waals surface area contributed by atoms with Crippen LogP contribution in [0.5, 0.6) is 5.75 Å². The molecule has 1 aromatic heterocycles. The van der Waals surface area contributed by atoms with E-state index in [1.54, 1.807) is 13.1 Å². The van der Waals surface area contributed by atoms with Crippen molar-refractivity contribution in [3.63, 3.8) is 0 Å². The van der Waals surface area contributed by atoms with E-state index < -0.39 is 6.10 Å². The number of para-hydroxylation sites is 1. The van der Waals surface area contributed by atoms with Crippen molar-refractivity contribution in [2.45, 2.75) is 33.0 Å². The molecule has 1 heterocycles. The molecular formula is C23H25NO4. The molecule has 0 fully saturated rings. The second-order valence-corrected chi connectivity index (χ2v) is 6.33. The molecule has 0 aliphatic carbocycles. The maximum absolute atomic E-state index is 12.0. The predicted octanol–water partition coefficient (Wildman–Crippen LogP) is 4.32.